The van der Waals surface area contributed by atoms with Crippen molar-refractivity contribution in [1.82, 2.24) is 9.88 Å². The Morgan fingerprint density at radius 3 is 2.62 bits per heavy atom. The lowest BCUT2D eigenvalue weighted by molar-refractivity contribution is -0.385. The van der Waals surface area contributed by atoms with Gasteiger partial charge in [0.15, 0.2) is 0 Å². The monoisotopic (exact) mass is 290 g/mol. The molecule has 6 nitrogen and oxygen atoms in total. The molecule has 1 aromatic rings. The lowest BCUT2D eigenvalue weighted by Crippen LogP contribution is -2.52. The first-order valence-corrected chi connectivity index (χ1v) is 7.64. The van der Waals surface area contributed by atoms with Gasteiger partial charge in [0.25, 0.3) is 5.69 Å². The highest BCUT2D eigenvalue weighted by molar-refractivity contribution is 5.47. The van der Waals surface area contributed by atoms with Gasteiger partial charge in [0, 0.05) is 23.7 Å². The normalized spacial score (nSPS) is 29.1. The number of nitrogens with zero attached hydrogens (tertiary/aromatic N) is 3. The summed E-state index contributed by atoms with van der Waals surface area (Å²) in [4.78, 5) is 17.2. The Morgan fingerprint density at radius 1 is 1.38 bits per heavy atom. The van der Waals surface area contributed by atoms with Gasteiger partial charge in [-0.2, -0.15) is 0 Å². The zero-order valence-corrected chi connectivity index (χ0v) is 12.6. The fourth-order valence-electron chi connectivity index (χ4n) is 3.76. The summed E-state index contributed by atoms with van der Waals surface area (Å²) in [6, 6.07) is 3.53. The molecule has 2 unspecified atom stereocenters. The van der Waals surface area contributed by atoms with Gasteiger partial charge in [0.1, 0.15) is 12.0 Å². The van der Waals surface area contributed by atoms with Gasteiger partial charge in [-0.25, -0.2) is 4.98 Å². The average molecular weight is 290 g/mol. The summed E-state index contributed by atoms with van der Waals surface area (Å²) >= 11 is 0. The summed E-state index contributed by atoms with van der Waals surface area (Å²) in [5.74, 6) is 0.755. The Kier molecular flexibility index (Phi) is 3.80. The molecule has 0 radical (unpaired) electrons. The van der Waals surface area contributed by atoms with Crippen LogP contribution < -0.4 is 5.32 Å². The SMILES string of the molecule is Cc1cc(NC2CC3CCCC(C2)N3C)ncc1[N+](=O)[O-]. The van der Waals surface area contributed by atoms with Gasteiger partial charge in [-0.1, -0.05) is 6.42 Å². The lowest BCUT2D eigenvalue weighted by Gasteiger charge is -2.47. The summed E-state index contributed by atoms with van der Waals surface area (Å²) < 4.78 is 0. The van der Waals surface area contributed by atoms with E-state index in [2.05, 4.69) is 22.2 Å². The van der Waals surface area contributed by atoms with Crippen molar-refractivity contribution < 1.29 is 4.92 Å². The highest BCUT2D eigenvalue weighted by atomic mass is 16.6. The Morgan fingerprint density at radius 2 is 2.05 bits per heavy atom. The summed E-state index contributed by atoms with van der Waals surface area (Å²) in [5, 5.41) is 14.3. The molecule has 2 saturated heterocycles. The molecule has 0 amide bonds. The van der Waals surface area contributed by atoms with Crippen LogP contribution in [0.3, 0.4) is 0 Å². The third-order valence-electron chi connectivity index (χ3n) is 4.97. The van der Waals surface area contributed by atoms with Crippen LogP contribution in [0.25, 0.3) is 0 Å². The van der Waals surface area contributed by atoms with Gasteiger partial charge < -0.3 is 10.2 Å². The molecule has 0 spiro atoms. The van der Waals surface area contributed by atoms with Crippen LogP contribution >= 0.6 is 0 Å². The van der Waals surface area contributed by atoms with Crippen molar-refractivity contribution in [3.05, 3.63) is 27.9 Å². The molecular weight excluding hydrogens is 268 g/mol. The van der Waals surface area contributed by atoms with E-state index in [4.69, 9.17) is 0 Å². The first kappa shape index (κ1) is 14.3. The van der Waals surface area contributed by atoms with E-state index >= 15 is 0 Å². The quantitative estimate of drug-likeness (QED) is 0.684. The maximum Gasteiger partial charge on any atom is 0.290 e. The summed E-state index contributed by atoms with van der Waals surface area (Å²) in [5.41, 5.74) is 0.742. The summed E-state index contributed by atoms with van der Waals surface area (Å²) in [6.07, 6.45) is 7.50. The van der Waals surface area contributed by atoms with E-state index in [0.717, 1.165) is 18.7 Å². The van der Waals surface area contributed by atoms with E-state index in [0.29, 0.717) is 23.7 Å². The predicted molar refractivity (Wildman–Crippen MR) is 81.5 cm³/mol. The molecule has 2 aliphatic heterocycles. The van der Waals surface area contributed by atoms with Gasteiger partial charge in [-0.05, 0) is 45.7 Å². The number of hydrogen-bond acceptors (Lipinski definition) is 5. The maximum absolute atomic E-state index is 10.8. The minimum atomic E-state index is -0.383. The number of fused-ring (bicyclic) bond motifs is 2. The van der Waals surface area contributed by atoms with Gasteiger partial charge >= 0.3 is 0 Å². The van der Waals surface area contributed by atoms with Crippen LogP contribution in [0.15, 0.2) is 12.3 Å². The number of nitrogens with one attached hydrogen (secondary N) is 1. The molecule has 2 fully saturated rings. The number of hydrogen-bond donors (Lipinski definition) is 1. The van der Waals surface area contributed by atoms with Crippen molar-refractivity contribution in [3.8, 4) is 0 Å². The minimum Gasteiger partial charge on any atom is -0.367 e. The molecule has 0 saturated carbocycles. The van der Waals surface area contributed by atoms with E-state index in [9.17, 15) is 10.1 Å². The van der Waals surface area contributed by atoms with Crippen molar-refractivity contribution in [1.29, 1.82) is 0 Å². The summed E-state index contributed by atoms with van der Waals surface area (Å²) in [6.45, 7) is 1.76. The van der Waals surface area contributed by atoms with Crippen LogP contribution in [0.5, 0.6) is 0 Å². The van der Waals surface area contributed by atoms with Crippen molar-refractivity contribution in [2.75, 3.05) is 12.4 Å². The first-order chi connectivity index (χ1) is 10.0. The average Bonchev–Trinajstić information content (AvgIpc) is 2.39. The van der Waals surface area contributed by atoms with Crippen molar-refractivity contribution in [2.24, 2.45) is 0 Å². The fourth-order valence-corrected chi connectivity index (χ4v) is 3.76. The molecule has 114 valence electrons. The van der Waals surface area contributed by atoms with Gasteiger partial charge in [-0.3, -0.25) is 10.1 Å². The van der Waals surface area contributed by atoms with E-state index in [1.807, 2.05) is 0 Å². The van der Waals surface area contributed by atoms with E-state index in [1.54, 1.807) is 13.0 Å². The maximum atomic E-state index is 10.8. The van der Waals surface area contributed by atoms with Crippen LogP contribution in [-0.2, 0) is 0 Å². The lowest BCUT2D eigenvalue weighted by atomic mass is 9.82. The Bertz CT molecular complexity index is 534. The van der Waals surface area contributed by atoms with E-state index < -0.39 is 0 Å². The second kappa shape index (κ2) is 5.60. The third-order valence-corrected chi connectivity index (χ3v) is 4.97. The standard InChI is InChI=1S/C15H22N4O2/c1-10-6-15(16-9-14(10)19(20)21)17-11-7-12-4-3-5-13(8-11)18(12)2/h6,9,11-13H,3-5,7-8H2,1-2H3,(H,16,17). The molecule has 21 heavy (non-hydrogen) atoms. The minimum absolute atomic E-state index is 0.0841. The number of pyridine rings is 1. The molecule has 3 heterocycles. The topological polar surface area (TPSA) is 71.3 Å². The smallest absolute Gasteiger partial charge is 0.290 e. The number of aromatic nitrogens is 1. The second-order valence-electron chi connectivity index (χ2n) is 6.33. The van der Waals surface area contributed by atoms with Crippen LogP contribution in [0, 0.1) is 17.0 Å². The zero-order valence-electron chi connectivity index (χ0n) is 12.6. The van der Waals surface area contributed by atoms with Gasteiger partial charge in [-0.15, -0.1) is 0 Å². The van der Waals surface area contributed by atoms with E-state index in [-0.39, 0.29) is 10.6 Å². The van der Waals surface area contributed by atoms with E-state index in [1.165, 1.54) is 25.5 Å². The largest absolute Gasteiger partial charge is 0.367 e. The van der Waals surface area contributed by atoms with Gasteiger partial charge in [0.05, 0.1) is 4.92 Å². The number of anilines is 1. The molecule has 1 N–H and O–H groups in total. The third kappa shape index (κ3) is 2.85. The zero-order chi connectivity index (χ0) is 15.0. The van der Waals surface area contributed by atoms with Gasteiger partial charge in [0.2, 0.25) is 0 Å². The molecule has 6 heteroatoms. The number of aryl methyl sites for hydroxylation is 1. The molecule has 2 atom stereocenters. The molecule has 2 aliphatic rings. The fraction of sp³-hybridized carbons (Fsp3) is 0.667. The highest BCUT2D eigenvalue weighted by Crippen LogP contribution is 2.34. The predicted octanol–water partition coefficient (Wildman–Crippen LogP) is 2.73. The Labute approximate surface area is 124 Å². The molecular formula is C15H22N4O2. The summed E-state index contributed by atoms with van der Waals surface area (Å²) in [7, 11) is 2.24. The molecule has 2 bridgehead atoms. The molecule has 0 aromatic carbocycles. The van der Waals surface area contributed by atoms with Crippen molar-refractivity contribution >= 4 is 11.5 Å². The van der Waals surface area contributed by atoms with Crippen molar-refractivity contribution in [3.63, 3.8) is 0 Å². The highest BCUT2D eigenvalue weighted by Gasteiger charge is 2.36. The van der Waals surface area contributed by atoms with Crippen LogP contribution in [0.2, 0.25) is 0 Å². The molecule has 3 rings (SSSR count). The molecule has 1 aromatic heterocycles. The van der Waals surface area contributed by atoms with Crippen LogP contribution in [0.1, 0.15) is 37.7 Å². The number of piperidine rings is 2. The van der Waals surface area contributed by atoms with Crippen molar-refractivity contribution in [2.45, 2.75) is 57.2 Å². The Hall–Kier alpha value is -1.69. The van der Waals surface area contributed by atoms with Crippen LogP contribution in [0.4, 0.5) is 11.5 Å². The number of rotatable bonds is 3. The second-order valence-corrected chi connectivity index (χ2v) is 6.33. The molecule has 0 aliphatic carbocycles. The number of nitro groups is 1. The first-order valence-electron chi connectivity index (χ1n) is 7.64. The Balaban J connectivity index is 1.70. The van der Waals surface area contributed by atoms with Crippen LogP contribution in [-0.4, -0.2) is 40.0 Å².